The van der Waals surface area contributed by atoms with Crippen molar-refractivity contribution in [3.05, 3.63) is 43.2 Å². The van der Waals surface area contributed by atoms with Crippen LogP contribution < -0.4 is 4.72 Å². The number of fused-ring (bicyclic) bond motifs is 1. The van der Waals surface area contributed by atoms with Gasteiger partial charge in [0.1, 0.15) is 5.58 Å². The molecule has 2 aromatic rings. The summed E-state index contributed by atoms with van der Waals surface area (Å²) in [6.45, 7) is 3.19. The molecule has 1 heterocycles. The van der Waals surface area contributed by atoms with Gasteiger partial charge in [-0.05, 0) is 24.3 Å². The molecule has 0 spiro atoms. The van der Waals surface area contributed by atoms with Crippen molar-refractivity contribution in [3.63, 3.8) is 0 Å². The van der Waals surface area contributed by atoms with Crippen molar-refractivity contribution in [2.24, 2.45) is 0 Å². The van der Waals surface area contributed by atoms with Gasteiger partial charge in [-0.2, -0.15) is 0 Å². The highest BCUT2D eigenvalue weighted by atomic mass is 32.2. The fourth-order valence-corrected chi connectivity index (χ4v) is 2.31. The summed E-state index contributed by atoms with van der Waals surface area (Å²) in [5, 5.41) is 0.791. The standard InChI is InChI=1S/C11H9NO4S/c1-2-11(13)12-17(14,15)9-4-3-8-5-6-16-10(8)7-9/h2-7H,1H2,(H,12,13). The highest BCUT2D eigenvalue weighted by molar-refractivity contribution is 7.90. The summed E-state index contributed by atoms with van der Waals surface area (Å²) >= 11 is 0. The van der Waals surface area contributed by atoms with Crippen LogP contribution in [0.4, 0.5) is 0 Å². The third-order valence-corrected chi connectivity index (χ3v) is 3.50. The van der Waals surface area contributed by atoms with Crippen molar-refractivity contribution in [1.29, 1.82) is 0 Å². The summed E-state index contributed by atoms with van der Waals surface area (Å²) in [6.07, 6.45) is 2.35. The largest absolute Gasteiger partial charge is 0.464 e. The molecule has 17 heavy (non-hydrogen) atoms. The van der Waals surface area contributed by atoms with Crippen LogP contribution in [-0.2, 0) is 14.8 Å². The van der Waals surface area contributed by atoms with Gasteiger partial charge in [0.25, 0.3) is 15.9 Å². The number of furan rings is 1. The van der Waals surface area contributed by atoms with Gasteiger partial charge in [0.15, 0.2) is 0 Å². The minimum absolute atomic E-state index is 0.0323. The number of hydrogen-bond acceptors (Lipinski definition) is 4. The molecule has 0 atom stereocenters. The monoisotopic (exact) mass is 251 g/mol. The van der Waals surface area contributed by atoms with E-state index in [1.165, 1.54) is 18.4 Å². The zero-order valence-corrected chi connectivity index (χ0v) is 9.53. The molecule has 0 saturated heterocycles. The molecule has 0 saturated carbocycles. The first kappa shape index (κ1) is 11.4. The van der Waals surface area contributed by atoms with Gasteiger partial charge in [0.2, 0.25) is 0 Å². The summed E-state index contributed by atoms with van der Waals surface area (Å²) in [7, 11) is -3.87. The number of hydrogen-bond donors (Lipinski definition) is 1. The summed E-state index contributed by atoms with van der Waals surface area (Å²) < 4.78 is 30.4. The quantitative estimate of drug-likeness (QED) is 0.837. The second-order valence-corrected chi connectivity index (χ2v) is 4.98. The Morgan fingerprint density at radius 3 is 2.82 bits per heavy atom. The van der Waals surface area contributed by atoms with E-state index in [1.807, 2.05) is 4.72 Å². The number of nitrogens with one attached hydrogen (secondary N) is 1. The maximum atomic E-state index is 11.7. The first-order valence-electron chi connectivity index (χ1n) is 4.69. The normalized spacial score (nSPS) is 11.3. The number of sulfonamides is 1. The van der Waals surface area contributed by atoms with Gasteiger partial charge in [-0.1, -0.05) is 6.58 Å². The number of rotatable bonds is 3. The zero-order chi connectivity index (χ0) is 12.5. The van der Waals surface area contributed by atoms with E-state index in [0.717, 1.165) is 11.5 Å². The molecule has 0 bridgehead atoms. The Kier molecular flexibility index (Phi) is 2.72. The van der Waals surface area contributed by atoms with E-state index in [4.69, 9.17) is 4.42 Å². The zero-order valence-electron chi connectivity index (χ0n) is 8.71. The van der Waals surface area contributed by atoms with Crippen molar-refractivity contribution < 1.29 is 17.6 Å². The Morgan fingerprint density at radius 2 is 2.12 bits per heavy atom. The molecular weight excluding hydrogens is 242 g/mol. The molecule has 1 amide bonds. The Balaban J connectivity index is 2.44. The number of benzene rings is 1. The summed E-state index contributed by atoms with van der Waals surface area (Å²) in [6, 6.07) is 6.07. The summed E-state index contributed by atoms with van der Waals surface area (Å²) in [4.78, 5) is 11.0. The number of carbonyl (C=O) groups excluding carboxylic acids is 1. The maximum absolute atomic E-state index is 11.7. The highest BCUT2D eigenvalue weighted by Crippen LogP contribution is 2.19. The minimum Gasteiger partial charge on any atom is -0.464 e. The van der Waals surface area contributed by atoms with Crippen LogP contribution in [-0.4, -0.2) is 14.3 Å². The van der Waals surface area contributed by atoms with Crippen LogP contribution in [0.3, 0.4) is 0 Å². The third kappa shape index (κ3) is 2.21. The average Bonchev–Trinajstić information content (AvgIpc) is 2.75. The van der Waals surface area contributed by atoms with Gasteiger partial charge in [-0.15, -0.1) is 0 Å². The molecule has 6 heteroatoms. The van der Waals surface area contributed by atoms with Gasteiger partial charge in [-0.3, -0.25) is 4.79 Å². The fraction of sp³-hybridized carbons (Fsp3) is 0. The van der Waals surface area contributed by atoms with Crippen molar-refractivity contribution in [2.75, 3.05) is 0 Å². The van der Waals surface area contributed by atoms with Gasteiger partial charge >= 0.3 is 0 Å². The molecule has 0 aliphatic rings. The first-order chi connectivity index (χ1) is 8.03. The number of amides is 1. The van der Waals surface area contributed by atoms with Crippen LogP contribution >= 0.6 is 0 Å². The van der Waals surface area contributed by atoms with E-state index in [0.29, 0.717) is 5.58 Å². The van der Waals surface area contributed by atoms with E-state index in [9.17, 15) is 13.2 Å². The molecule has 0 aliphatic carbocycles. The van der Waals surface area contributed by atoms with Crippen molar-refractivity contribution >= 4 is 26.9 Å². The fourth-order valence-electron chi connectivity index (χ4n) is 1.34. The maximum Gasteiger partial charge on any atom is 0.264 e. The molecule has 88 valence electrons. The lowest BCUT2D eigenvalue weighted by atomic mass is 10.3. The second-order valence-electron chi connectivity index (χ2n) is 3.29. The van der Waals surface area contributed by atoms with E-state index in [1.54, 1.807) is 12.1 Å². The predicted molar refractivity (Wildman–Crippen MR) is 61.7 cm³/mol. The molecule has 1 aromatic heterocycles. The van der Waals surface area contributed by atoms with Gasteiger partial charge < -0.3 is 4.42 Å². The van der Waals surface area contributed by atoms with Gasteiger partial charge in [0, 0.05) is 11.5 Å². The van der Waals surface area contributed by atoms with Crippen LogP contribution in [0.2, 0.25) is 0 Å². The van der Waals surface area contributed by atoms with Crippen LogP contribution in [0.5, 0.6) is 0 Å². The van der Waals surface area contributed by atoms with Crippen LogP contribution in [0, 0.1) is 0 Å². The molecule has 0 unspecified atom stereocenters. The molecule has 0 aliphatic heterocycles. The van der Waals surface area contributed by atoms with E-state index < -0.39 is 15.9 Å². The van der Waals surface area contributed by atoms with E-state index in [2.05, 4.69) is 6.58 Å². The second kappa shape index (κ2) is 4.06. The molecule has 1 aromatic carbocycles. The lowest BCUT2D eigenvalue weighted by molar-refractivity contribution is -0.114. The summed E-state index contributed by atoms with van der Waals surface area (Å²) in [5.74, 6) is -0.774. The van der Waals surface area contributed by atoms with E-state index >= 15 is 0 Å². The van der Waals surface area contributed by atoms with Gasteiger partial charge in [0.05, 0.1) is 11.2 Å². The number of carbonyl (C=O) groups is 1. The predicted octanol–water partition coefficient (Wildman–Crippen LogP) is 1.42. The van der Waals surface area contributed by atoms with Crippen molar-refractivity contribution in [1.82, 2.24) is 4.72 Å². The lowest BCUT2D eigenvalue weighted by Gasteiger charge is -2.04. The lowest BCUT2D eigenvalue weighted by Crippen LogP contribution is -2.28. The Hall–Kier alpha value is -2.08. The minimum atomic E-state index is -3.87. The van der Waals surface area contributed by atoms with E-state index in [-0.39, 0.29) is 4.90 Å². The summed E-state index contributed by atoms with van der Waals surface area (Å²) in [5.41, 5.74) is 0.443. The smallest absolute Gasteiger partial charge is 0.264 e. The average molecular weight is 251 g/mol. The molecule has 5 nitrogen and oxygen atoms in total. The third-order valence-electron chi connectivity index (χ3n) is 2.16. The Bertz CT molecular complexity index is 684. The molecule has 0 radical (unpaired) electrons. The van der Waals surface area contributed by atoms with Crippen LogP contribution in [0.15, 0.2) is 52.5 Å². The van der Waals surface area contributed by atoms with Crippen LogP contribution in [0.25, 0.3) is 11.0 Å². The van der Waals surface area contributed by atoms with Crippen molar-refractivity contribution in [3.8, 4) is 0 Å². The molecule has 0 fully saturated rings. The van der Waals surface area contributed by atoms with Gasteiger partial charge in [-0.25, -0.2) is 13.1 Å². The topological polar surface area (TPSA) is 76.4 Å². The molecule has 2 rings (SSSR count). The molecular formula is C11H9NO4S. The van der Waals surface area contributed by atoms with Crippen molar-refractivity contribution in [2.45, 2.75) is 4.90 Å². The Morgan fingerprint density at radius 1 is 1.35 bits per heavy atom. The Labute approximate surface area is 97.8 Å². The van der Waals surface area contributed by atoms with Crippen LogP contribution in [0.1, 0.15) is 0 Å². The first-order valence-corrected chi connectivity index (χ1v) is 6.18. The highest BCUT2D eigenvalue weighted by Gasteiger charge is 2.16. The SMILES string of the molecule is C=CC(=O)NS(=O)(=O)c1ccc2ccoc2c1. The molecule has 1 N–H and O–H groups in total.